The van der Waals surface area contributed by atoms with E-state index < -0.39 is 0 Å². The van der Waals surface area contributed by atoms with Gasteiger partial charge >= 0.3 is 6.09 Å². The second-order valence-electron chi connectivity index (χ2n) is 5.18. The summed E-state index contributed by atoms with van der Waals surface area (Å²) in [5.74, 6) is -0.0453. The molecule has 1 saturated heterocycles. The number of aryl methyl sites for hydroxylation is 1. The van der Waals surface area contributed by atoms with Crippen LogP contribution in [0, 0.1) is 12.8 Å². The number of rotatable bonds is 2. The summed E-state index contributed by atoms with van der Waals surface area (Å²) < 4.78 is 5.71. The van der Waals surface area contributed by atoms with Crippen LogP contribution in [0.2, 0.25) is 0 Å². The van der Waals surface area contributed by atoms with Gasteiger partial charge in [0.2, 0.25) is 5.91 Å². The number of likely N-dealkylation sites (tertiary alicyclic amines) is 1. The van der Waals surface area contributed by atoms with E-state index in [0.29, 0.717) is 25.9 Å². The fraction of sp³-hybridized carbons (Fsp3) is 0.467. The molecule has 1 aromatic carbocycles. The van der Waals surface area contributed by atoms with Gasteiger partial charge in [0.05, 0.1) is 7.11 Å². The second kappa shape index (κ2) is 6.93. The van der Waals surface area contributed by atoms with Crippen molar-refractivity contribution in [2.24, 2.45) is 5.92 Å². The molecule has 0 aliphatic carbocycles. The molecule has 0 unspecified atom stereocenters. The lowest BCUT2D eigenvalue weighted by Crippen LogP contribution is -2.41. The van der Waals surface area contributed by atoms with Gasteiger partial charge in [-0.05, 0) is 43.5 Å². The molecule has 1 aliphatic heterocycles. The van der Waals surface area contributed by atoms with E-state index in [1.165, 1.54) is 7.11 Å². The molecule has 2 amide bonds. The summed E-state index contributed by atoms with van der Waals surface area (Å²) in [6, 6.07) is 5.73. The van der Waals surface area contributed by atoms with Crippen LogP contribution >= 0.6 is 15.9 Å². The summed E-state index contributed by atoms with van der Waals surface area (Å²) in [5, 5.41) is 2.94. The molecule has 0 aromatic heterocycles. The van der Waals surface area contributed by atoms with Crippen LogP contribution in [0.25, 0.3) is 0 Å². The molecule has 0 spiro atoms. The van der Waals surface area contributed by atoms with Crippen LogP contribution in [-0.4, -0.2) is 37.1 Å². The number of anilines is 1. The average molecular weight is 355 g/mol. The molecule has 0 atom stereocenters. The van der Waals surface area contributed by atoms with Gasteiger partial charge in [-0.15, -0.1) is 0 Å². The van der Waals surface area contributed by atoms with E-state index in [1.807, 2.05) is 25.1 Å². The Balaban J connectivity index is 1.90. The van der Waals surface area contributed by atoms with Gasteiger partial charge in [-0.25, -0.2) is 4.79 Å². The maximum absolute atomic E-state index is 12.3. The predicted molar refractivity (Wildman–Crippen MR) is 84.2 cm³/mol. The van der Waals surface area contributed by atoms with E-state index >= 15 is 0 Å². The standard InChI is InChI=1S/C15H19BrN2O3/c1-10-9-12(3-4-13(10)16)17-14(19)11-5-7-18(8-6-11)15(20)21-2/h3-4,9,11H,5-8H2,1-2H3,(H,17,19). The number of hydrogen-bond acceptors (Lipinski definition) is 3. The minimum absolute atomic E-state index is 0.0150. The lowest BCUT2D eigenvalue weighted by atomic mass is 9.96. The molecule has 1 aliphatic rings. The number of carbonyl (C=O) groups excluding carboxylic acids is 2. The zero-order valence-corrected chi connectivity index (χ0v) is 13.8. The highest BCUT2D eigenvalue weighted by molar-refractivity contribution is 9.10. The van der Waals surface area contributed by atoms with Crippen molar-refractivity contribution >= 4 is 33.6 Å². The van der Waals surface area contributed by atoms with Gasteiger partial charge in [0.15, 0.2) is 0 Å². The van der Waals surface area contributed by atoms with Gasteiger partial charge in [0.1, 0.15) is 0 Å². The number of piperidine rings is 1. The Bertz CT molecular complexity index is 540. The first-order valence-electron chi connectivity index (χ1n) is 6.91. The van der Waals surface area contributed by atoms with Crippen LogP contribution in [0.4, 0.5) is 10.5 Å². The number of benzene rings is 1. The summed E-state index contributed by atoms with van der Waals surface area (Å²) in [4.78, 5) is 25.3. The van der Waals surface area contributed by atoms with Crippen molar-refractivity contribution in [2.45, 2.75) is 19.8 Å². The minimum atomic E-state index is -0.322. The van der Waals surface area contributed by atoms with Crippen LogP contribution < -0.4 is 5.32 Å². The van der Waals surface area contributed by atoms with Crippen molar-refractivity contribution in [3.05, 3.63) is 28.2 Å². The predicted octanol–water partition coefficient (Wildman–Crippen LogP) is 3.17. The average Bonchev–Trinajstić information content (AvgIpc) is 2.50. The van der Waals surface area contributed by atoms with Crippen LogP contribution in [0.3, 0.4) is 0 Å². The molecule has 1 fully saturated rings. The molecule has 1 aromatic rings. The van der Waals surface area contributed by atoms with Gasteiger partial charge in [-0.2, -0.15) is 0 Å². The molecular formula is C15H19BrN2O3. The normalized spacial score (nSPS) is 15.7. The Morgan fingerprint density at radius 1 is 1.33 bits per heavy atom. The Morgan fingerprint density at radius 3 is 2.57 bits per heavy atom. The van der Waals surface area contributed by atoms with Crippen molar-refractivity contribution in [1.29, 1.82) is 0 Å². The molecule has 1 heterocycles. The van der Waals surface area contributed by atoms with Crippen LogP contribution in [-0.2, 0) is 9.53 Å². The molecule has 0 saturated carbocycles. The van der Waals surface area contributed by atoms with Gasteiger partial charge in [-0.1, -0.05) is 15.9 Å². The van der Waals surface area contributed by atoms with E-state index in [9.17, 15) is 9.59 Å². The number of nitrogens with zero attached hydrogens (tertiary/aromatic N) is 1. The quantitative estimate of drug-likeness (QED) is 0.887. The van der Waals surface area contributed by atoms with Crippen molar-refractivity contribution in [3.8, 4) is 0 Å². The van der Waals surface area contributed by atoms with Crippen LogP contribution in [0.1, 0.15) is 18.4 Å². The monoisotopic (exact) mass is 354 g/mol. The van der Waals surface area contributed by atoms with E-state index in [-0.39, 0.29) is 17.9 Å². The fourth-order valence-corrected chi connectivity index (χ4v) is 2.67. The number of amides is 2. The maximum Gasteiger partial charge on any atom is 0.409 e. The number of nitrogens with one attached hydrogen (secondary N) is 1. The lowest BCUT2D eigenvalue weighted by molar-refractivity contribution is -0.121. The van der Waals surface area contributed by atoms with Crippen LogP contribution in [0.15, 0.2) is 22.7 Å². The highest BCUT2D eigenvalue weighted by atomic mass is 79.9. The summed E-state index contributed by atoms with van der Waals surface area (Å²) in [5.41, 5.74) is 1.88. The number of methoxy groups -OCH3 is 1. The Hall–Kier alpha value is -1.56. The van der Waals surface area contributed by atoms with E-state index in [4.69, 9.17) is 0 Å². The van der Waals surface area contributed by atoms with E-state index in [0.717, 1.165) is 15.7 Å². The molecule has 6 heteroatoms. The first kappa shape index (κ1) is 15.8. The topological polar surface area (TPSA) is 58.6 Å². The highest BCUT2D eigenvalue weighted by Crippen LogP contribution is 2.23. The molecule has 114 valence electrons. The van der Waals surface area contributed by atoms with E-state index in [1.54, 1.807) is 4.90 Å². The third kappa shape index (κ3) is 3.97. The molecule has 2 rings (SSSR count). The van der Waals surface area contributed by atoms with Crippen molar-refractivity contribution < 1.29 is 14.3 Å². The first-order valence-corrected chi connectivity index (χ1v) is 7.70. The fourth-order valence-electron chi connectivity index (χ4n) is 2.42. The summed E-state index contributed by atoms with van der Waals surface area (Å²) in [6.07, 6.45) is 1.00. The molecule has 21 heavy (non-hydrogen) atoms. The van der Waals surface area contributed by atoms with Gasteiger partial charge < -0.3 is 15.0 Å². The molecule has 0 radical (unpaired) electrons. The number of ether oxygens (including phenoxy) is 1. The smallest absolute Gasteiger partial charge is 0.409 e. The Morgan fingerprint density at radius 2 is 2.00 bits per heavy atom. The molecule has 0 bridgehead atoms. The number of hydrogen-bond donors (Lipinski definition) is 1. The Kier molecular flexibility index (Phi) is 5.22. The zero-order chi connectivity index (χ0) is 15.4. The van der Waals surface area contributed by atoms with Gasteiger partial charge in [0.25, 0.3) is 0 Å². The third-order valence-electron chi connectivity index (χ3n) is 3.72. The minimum Gasteiger partial charge on any atom is -0.453 e. The SMILES string of the molecule is COC(=O)N1CCC(C(=O)Nc2ccc(Br)c(C)c2)CC1. The van der Waals surface area contributed by atoms with Gasteiger partial charge in [-0.3, -0.25) is 4.79 Å². The van der Waals surface area contributed by atoms with Crippen LogP contribution in [0.5, 0.6) is 0 Å². The lowest BCUT2D eigenvalue weighted by Gasteiger charge is -2.30. The number of carbonyl (C=O) groups is 2. The van der Waals surface area contributed by atoms with Crippen molar-refractivity contribution in [3.63, 3.8) is 0 Å². The van der Waals surface area contributed by atoms with Gasteiger partial charge in [0, 0.05) is 29.2 Å². The summed E-state index contributed by atoms with van der Waals surface area (Å²) in [6.45, 7) is 3.10. The second-order valence-corrected chi connectivity index (χ2v) is 6.04. The van der Waals surface area contributed by atoms with Crippen molar-refractivity contribution in [1.82, 2.24) is 4.90 Å². The highest BCUT2D eigenvalue weighted by Gasteiger charge is 2.27. The first-order chi connectivity index (χ1) is 10.0. The maximum atomic E-state index is 12.3. The molecule has 1 N–H and O–H groups in total. The third-order valence-corrected chi connectivity index (χ3v) is 4.61. The molecule has 5 nitrogen and oxygen atoms in total. The molecular weight excluding hydrogens is 336 g/mol. The zero-order valence-electron chi connectivity index (χ0n) is 12.2. The Labute approximate surface area is 132 Å². The van der Waals surface area contributed by atoms with Crippen molar-refractivity contribution in [2.75, 3.05) is 25.5 Å². The van der Waals surface area contributed by atoms with E-state index in [2.05, 4.69) is 26.0 Å². The number of halogens is 1. The largest absolute Gasteiger partial charge is 0.453 e. The summed E-state index contributed by atoms with van der Waals surface area (Å²) >= 11 is 3.44. The summed E-state index contributed by atoms with van der Waals surface area (Å²) in [7, 11) is 1.37.